The van der Waals surface area contributed by atoms with E-state index in [1.807, 2.05) is 0 Å². The number of rotatable bonds is 7. The van der Waals surface area contributed by atoms with Crippen LogP contribution in [0.1, 0.15) is 74.0 Å². The SMILES string of the molecule is COC1CCC(C(=O)N[C@@H](Cc2cc(=O)[nH]c(C3CCC3)n2)c2ccc(F)cc2)CC1. The molecule has 1 heterocycles. The fourth-order valence-electron chi connectivity index (χ4n) is 4.51. The van der Waals surface area contributed by atoms with Gasteiger partial charge in [-0.25, -0.2) is 9.37 Å². The first kappa shape index (κ1) is 21.7. The van der Waals surface area contributed by atoms with Crippen LogP contribution in [0, 0.1) is 11.7 Å². The Morgan fingerprint density at radius 2 is 1.90 bits per heavy atom. The fourth-order valence-corrected chi connectivity index (χ4v) is 4.51. The summed E-state index contributed by atoms with van der Waals surface area (Å²) in [5.41, 5.74) is 1.27. The zero-order chi connectivity index (χ0) is 21.8. The van der Waals surface area contributed by atoms with E-state index in [2.05, 4.69) is 15.3 Å². The van der Waals surface area contributed by atoms with Crippen LogP contribution in [0.15, 0.2) is 35.1 Å². The Kier molecular flexibility index (Phi) is 6.80. The van der Waals surface area contributed by atoms with Crippen molar-refractivity contribution in [1.82, 2.24) is 15.3 Å². The second-order valence-corrected chi connectivity index (χ2v) is 8.78. The van der Waals surface area contributed by atoms with Crippen molar-refractivity contribution in [2.45, 2.75) is 69.4 Å². The quantitative estimate of drug-likeness (QED) is 0.704. The number of aromatic amines is 1. The lowest BCUT2D eigenvalue weighted by atomic mass is 9.84. The van der Waals surface area contributed by atoms with Gasteiger partial charge in [0, 0.05) is 31.4 Å². The van der Waals surface area contributed by atoms with E-state index in [0.29, 0.717) is 18.0 Å². The maximum Gasteiger partial charge on any atom is 0.251 e. The highest BCUT2D eigenvalue weighted by Crippen LogP contribution is 2.34. The molecule has 2 aliphatic rings. The minimum absolute atomic E-state index is 0.00654. The molecule has 1 atom stereocenters. The van der Waals surface area contributed by atoms with E-state index >= 15 is 0 Å². The Morgan fingerprint density at radius 3 is 2.52 bits per heavy atom. The van der Waals surface area contributed by atoms with E-state index in [1.54, 1.807) is 19.2 Å². The lowest BCUT2D eigenvalue weighted by Crippen LogP contribution is -2.37. The molecule has 31 heavy (non-hydrogen) atoms. The van der Waals surface area contributed by atoms with Gasteiger partial charge in [-0.3, -0.25) is 9.59 Å². The summed E-state index contributed by atoms with van der Waals surface area (Å²) in [5, 5.41) is 3.15. The molecule has 2 aliphatic carbocycles. The van der Waals surface area contributed by atoms with E-state index in [0.717, 1.165) is 56.3 Å². The van der Waals surface area contributed by atoms with Crippen LogP contribution in [0.5, 0.6) is 0 Å². The summed E-state index contributed by atoms with van der Waals surface area (Å²) in [6.07, 6.45) is 7.15. The second-order valence-electron chi connectivity index (χ2n) is 8.78. The van der Waals surface area contributed by atoms with Crippen molar-refractivity contribution in [3.63, 3.8) is 0 Å². The van der Waals surface area contributed by atoms with Gasteiger partial charge in [0.15, 0.2) is 0 Å². The Labute approximate surface area is 181 Å². The van der Waals surface area contributed by atoms with Crippen LogP contribution in [0.25, 0.3) is 0 Å². The van der Waals surface area contributed by atoms with E-state index < -0.39 is 0 Å². The topological polar surface area (TPSA) is 84.1 Å². The van der Waals surface area contributed by atoms with Gasteiger partial charge in [0.1, 0.15) is 11.6 Å². The predicted molar refractivity (Wildman–Crippen MR) is 115 cm³/mol. The molecule has 7 heteroatoms. The molecule has 6 nitrogen and oxygen atoms in total. The van der Waals surface area contributed by atoms with Gasteiger partial charge in [-0.1, -0.05) is 18.6 Å². The largest absolute Gasteiger partial charge is 0.381 e. The van der Waals surface area contributed by atoms with Gasteiger partial charge in [0.2, 0.25) is 5.91 Å². The van der Waals surface area contributed by atoms with Gasteiger partial charge in [0.25, 0.3) is 5.56 Å². The molecule has 0 aliphatic heterocycles. The van der Waals surface area contributed by atoms with Crippen LogP contribution in [-0.2, 0) is 16.0 Å². The molecule has 0 bridgehead atoms. The number of aromatic nitrogens is 2. The molecule has 0 radical (unpaired) electrons. The van der Waals surface area contributed by atoms with E-state index in [9.17, 15) is 14.0 Å². The van der Waals surface area contributed by atoms with Crippen LogP contribution in [0.3, 0.4) is 0 Å². The van der Waals surface area contributed by atoms with Crippen molar-refractivity contribution in [3.8, 4) is 0 Å². The van der Waals surface area contributed by atoms with Crippen molar-refractivity contribution in [2.75, 3.05) is 7.11 Å². The molecule has 2 fully saturated rings. The van der Waals surface area contributed by atoms with Crippen LogP contribution >= 0.6 is 0 Å². The van der Waals surface area contributed by atoms with E-state index in [1.165, 1.54) is 18.2 Å². The first-order valence-corrected chi connectivity index (χ1v) is 11.2. The smallest absolute Gasteiger partial charge is 0.251 e. The summed E-state index contributed by atoms with van der Waals surface area (Å²) >= 11 is 0. The van der Waals surface area contributed by atoms with Crippen molar-refractivity contribution in [3.05, 3.63) is 63.6 Å². The molecule has 0 spiro atoms. The third kappa shape index (κ3) is 5.39. The highest BCUT2D eigenvalue weighted by atomic mass is 19.1. The maximum atomic E-state index is 13.5. The normalized spacial score (nSPS) is 22.5. The summed E-state index contributed by atoms with van der Waals surface area (Å²) in [6.45, 7) is 0. The first-order chi connectivity index (χ1) is 15.0. The number of methoxy groups -OCH3 is 1. The molecule has 166 valence electrons. The molecule has 1 amide bonds. The zero-order valence-electron chi connectivity index (χ0n) is 17.9. The summed E-state index contributed by atoms with van der Waals surface area (Å²) in [6, 6.07) is 7.27. The van der Waals surface area contributed by atoms with Gasteiger partial charge in [-0.2, -0.15) is 0 Å². The monoisotopic (exact) mass is 427 g/mol. The predicted octanol–water partition coefficient (Wildman–Crippen LogP) is 3.78. The molecule has 2 N–H and O–H groups in total. The third-order valence-electron chi connectivity index (χ3n) is 6.69. The van der Waals surface area contributed by atoms with Crippen LogP contribution in [0.4, 0.5) is 4.39 Å². The Morgan fingerprint density at radius 1 is 1.19 bits per heavy atom. The van der Waals surface area contributed by atoms with E-state index in [4.69, 9.17) is 4.74 Å². The van der Waals surface area contributed by atoms with Gasteiger partial charge in [-0.15, -0.1) is 0 Å². The van der Waals surface area contributed by atoms with Crippen LogP contribution < -0.4 is 10.9 Å². The average Bonchev–Trinajstić information content (AvgIpc) is 2.72. The Hall–Kier alpha value is -2.54. The standard InChI is InChI=1S/C24H30FN3O3/c1-31-20-11-7-17(8-12-20)24(30)27-21(15-5-9-18(25)10-6-15)13-19-14-22(29)28-23(26-19)16-3-2-4-16/h5-6,9-10,14,16-17,20-21H,2-4,7-8,11-13H2,1H3,(H,27,30)(H,26,28,29)/t17?,20?,21-/m0/s1. The lowest BCUT2D eigenvalue weighted by Gasteiger charge is -2.29. The van der Waals surface area contributed by atoms with Crippen molar-refractivity contribution in [1.29, 1.82) is 0 Å². The second kappa shape index (κ2) is 9.73. The fraction of sp³-hybridized carbons (Fsp3) is 0.542. The Balaban J connectivity index is 1.52. The summed E-state index contributed by atoms with van der Waals surface area (Å²) < 4.78 is 18.9. The number of nitrogens with zero attached hydrogens (tertiary/aromatic N) is 1. The number of halogens is 1. The molecule has 2 aromatic rings. The van der Waals surface area contributed by atoms with Crippen molar-refractivity contribution in [2.24, 2.45) is 5.92 Å². The molecule has 1 aromatic carbocycles. The molecule has 4 rings (SSSR count). The first-order valence-electron chi connectivity index (χ1n) is 11.2. The number of H-pyrrole nitrogens is 1. The third-order valence-corrected chi connectivity index (χ3v) is 6.69. The maximum absolute atomic E-state index is 13.5. The van der Waals surface area contributed by atoms with Crippen molar-refractivity contribution < 1.29 is 13.9 Å². The van der Waals surface area contributed by atoms with Gasteiger partial charge in [-0.05, 0) is 56.2 Å². The molecular formula is C24H30FN3O3. The number of amides is 1. The Bertz CT molecular complexity index is 947. The summed E-state index contributed by atoms with van der Waals surface area (Å²) in [4.78, 5) is 32.8. The minimum Gasteiger partial charge on any atom is -0.381 e. The number of carbonyl (C=O) groups is 1. The van der Waals surface area contributed by atoms with Gasteiger partial charge in [0.05, 0.1) is 17.8 Å². The summed E-state index contributed by atoms with van der Waals surface area (Å²) in [5.74, 6) is 0.645. The zero-order valence-corrected chi connectivity index (χ0v) is 17.9. The number of ether oxygens (including phenoxy) is 1. The molecule has 2 saturated carbocycles. The van der Waals surface area contributed by atoms with Gasteiger partial charge >= 0.3 is 0 Å². The number of benzene rings is 1. The lowest BCUT2D eigenvalue weighted by molar-refractivity contribution is -0.127. The highest BCUT2D eigenvalue weighted by molar-refractivity contribution is 5.79. The van der Waals surface area contributed by atoms with Crippen LogP contribution in [0.2, 0.25) is 0 Å². The number of hydrogen-bond donors (Lipinski definition) is 2. The molecular weight excluding hydrogens is 397 g/mol. The molecule has 1 aromatic heterocycles. The van der Waals surface area contributed by atoms with Crippen molar-refractivity contribution >= 4 is 5.91 Å². The number of nitrogens with one attached hydrogen (secondary N) is 2. The molecule has 0 saturated heterocycles. The van der Waals surface area contributed by atoms with E-state index in [-0.39, 0.29) is 35.3 Å². The number of carbonyl (C=O) groups excluding carboxylic acids is 1. The highest BCUT2D eigenvalue weighted by Gasteiger charge is 2.28. The minimum atomic E-state index is -0.378. The average molecular weight is 428 g/mol. The van der Waals surface area contributed by atoms with Crippen LogP contribution in [-0.4, -0.2) is 29.1 Å². The summed E-state index contributed by atoms with van der Waals surface area (Å²) in [7, 11) is 1.71. The van der Waals surface area contributed by atoms with Gasteiger partial charge < -0.3 is 15.0 Å². The molecule has 0 unspecified atom stereocenters. The number of hydrogen-bond acceptors (Lipinski definition) is 4.